The third-order valence-electron chi connectivity index (χ3n) is 2.32. The Kier molecular flexibility index (Phi) is 3.03. The van der Waals surface area contributed by atoms with Crippen LogP contribution in [0, 0.1) is 6.92 Å². The van der Waals surface area contributed by atoms with E-state index < -0.39 is 0 Å². The summed E-state index contributed by atoms with van der Waals surface area (Å²) in [6.07, 6.45) is 1.85. The van der Waals surface area contributed by atoms with Crippen LogP contribution in [-0.2, 0) is 13.1 Å². The van der Waals surface area contributed by atoms with E-state index in [4.69, 9.17) is 5.73 Å². The van der Waals surface area contributed by atoms with Gasteiger partial charge in [0.2, 0.25) is 0 Å². The maximum absolute atomic E-state index is 5.78. The molecule has 0 saturated heterocycles. The van der Waals surface area contributed by atoms with E-state index in [0.717, 1.165) is 24.5 Å². The highest BCUT2D eigenvalue weighted by atomic mass is 32.1. The molecule has 2 heterocycles. The van der Waals surface area contributed by atoms with Gasteiger partial charge in [0, 0.05) is 34.9 Å². The molecule has 0 atom stereocenters. The smallest absolute Gasteiger partial charge is 0.0535 e. The van der Waals surface area contributed by atoms with Gasteiger partial charge < -0.3 is 11.1 Å². The average Bonchev–Trinajstić information content (AvgIpc) is 2.78. The van der Waals surface area contributed by atoms with Crippen LogP contribution in [0.25, 0.3) is 0 Å². The van der Waals surface area contributed by atoms with Crippen molar-refractivity contribution >= 4 is 17.0 Å². The van der Waals surface area contributed by atoms with Crippen molar-refractivity contribution in [2.45, 2.75) is 20.0 Å². The van der Waals surface area contributed by atoms with Crippen LogP contribution >= 0.6 is 11.3 Å². The van der Waals surface area contributed by atoms with E-state index in [9.17, 15) is 0 Å². The Morgan fingerprint density at radius 2 is 2.40 bits per heavy atom. The molecule has 2 aromatic heterocycles. The molecule has 0 saturated carbocycles. The summed E-state index contributed by atoms with van der Waals surface area (Å²) in [6, 6.07) is 1.94. The summed E-state index contributed by atoms with van der Waals surface area (Å²) in [5, 5.41) is 12.2. The molecule has 0 aromatic carbocycles. The number of hydrogen-bond donors (Lipinski definition) is 3. The van der Waals surface area contributed by atoms with Crippen LogP contribution in [0.3, 0.4) is 0 Å². The van der Waals surface area contributed by atoms with Gasteiger partial charge in [-0.1, -0.05) is 0 Å². The molecule has 2 aromatic rings. The van der Waals surface area contributed by atoms with Gasteiger partial charge in [0.05, 0.1) is 6.20 Å². The fourth-order valence-corrected chi connectivity index (χ4v) is 2.13. The number of thiophene rings is 1. The third-order valence-corrected chi connectivity index (χ3v) is 3.25. The van der Waals surface area contributed by atoms with E-state index in [0.29, 0.717) is 0 Å². The highest BCUT2D eigenvalue weighted by Crippen LogP contribution is 2.18. The SMILES string of the molecule is Cc1[nH]ncc1CNCc1sccc1N. The lowest BCUT2D eigenvalue weighted by atomic mass is 10.2. The van der Waals surface area contributed by atoms with Gasteiger partial charge in [-0.3, -0.25) is 5.10 Å². The molecule has 5 heteroatoms. The maximum atomic E-state index is 5.78. The van der Waals surface area contributed by atoms with Crippen molar-refractivity contribution in [3.8, 4) is 0 Å². The lowest BCUT2D eigenvalue weighted by Crippen LogP contribution is -2.12. The van der Waals surface area contributed by atoms with Crippen molar-refractivity contribution in [1.29, 1.82) is 0 Å². The fourth-order valence-electron chi connectivity index (χ4n) is 1.36. The van der Waals surface area contributed by atoms with Crippen LogP contribution in [0.1, 0.15) is 16.1 Å². The molecule has 0 aliphatic carbocycles. The van der Waals surface area contributed by atoms with Gasteiger partial charge in [-0.05, 0) is 18.4 Å². The summed E-state index contributed by atoms with van der Waals surface area (Å²) in [4.78, 5) is 1.19. The molecule has 0 unspecified atom stereocenters. The van der Waals surface area contributed by atoms with Gasteiger partial charge >= 0.3 is 0 Å². The highest BCUT2D eigenvalue weighted by molar-refractivity contribution is 7.10. The topological polar surface area (TPSA) is 66.7 Å². The normalized spacial score (nSPS) is 10.7. The second kappa shape index (κ2) is 4.46. The molecular formula is C10H14N4S. The third kappa shape index (κ3) is 2.37. The number of H-pyrrole nitrogens is 1. The molecule has 80 valence electrons. The number of nitrogens with two attached hydrogens (primary N) is 1. The number of nitrogens with one attached hydrogen (secondary N) is 2. The van der Waals surface area contributed by atoms with Gasteiger partial charge in [0.1, 0.15) is 0 Å². The minimum Gasteiger partial charge on any atom is -0.398 e. The molecule has 0 aliphatic rings. The number of rotatable bonds is 4. The Labute approximate surface area is 92.5 Å². The van der Waals surface area contributed by atoms with Crippen molar-refractivity contribution in [1.82, 2.24) is 15.5 Å². The summed E-state index contributed by atoms with van der Waals surface area (Å²) in [6.45, 7) is 3.65. The second-order valence-corrected chi connectivity index (χ2v) is 4.42. The first-order valence-corrected chi connectivity index (χ1v) is 5.66. The van der Waals surface area contributed by atoms with Gasteiger partial charge in [-0.2, -0.15) is 5.10 Å². The number of aryl methyl sites for hydroxylation is 1. The van der Waals surface area contributed by atoms with E-state index >= 15 is 0 Å². The highest BCUT2D eigenvalue weighted by Gasteiger charge is 2.02. The summed E-state index contributed by atoms with van der Waals surface area (Å²) in [5.41, 5.74) is 8.97. The first-order chi connectivity index (χ1) is 7.27. The monoisotopic (exact) mass is 222 g/mol. The van der Waals surface area contributed by atoms with Crippen molar-refractivity contribution in [2.75, 3.05) is 5.73 Å². The van der Waals surface area contributed by atoms with E-state index in [1.807, 2.05) is 24.6 Å². The predicted octanol–water partition coefficient (Wildman–Crippen LogP) is 1.65. The van der Waals surface area contributed by atoms with Crippen LogP contribution in [0.15, 0.2) is 17.6 Å². The quantitative estimate of drug-likeness (QED) is 0.737. The van der Waals surface area contributed by atoms with Crippen molar-refractivity contribution in [2.24, 2.45) is 0 Å². The molecule has 2 rings (SSSR count). The van der Waals surface area contributed by atoms with Gasteiger partial charge in [0.25, 0.3) is 0 Å². The van der Waals surface area contributed by atoms with Crippen molar-refractivity contribution < 1.29 is 0 Å². The number of anilines is 1. The molecule has 0 radical (unpaired) electrons. The zero-order chi connectivity index (χ0) is 10.7. The number of nitrogen functional groups attached to an aromatic ring is 1. The number of aromatic amines is 1. The summed E-state index contributed by atoms with van der Waals surface area (Å²) >= 11 is 1.68. The summed E-state index contributed by atoms with van der Waals surface area (Å²) in [5.74, 6) is 0. The number of nitrogens with zero attached hydrogens (tertiary/aromatic N) is 1. The van der Waals surface area contributed by atoms with Gasteiger partial charge in [-0.15, -0.1) is 11.3 Å². The van der Waals surface area contributed by atoms with Gasteiger partial charge in [-0.25, -0.2) is 0 Å². The maximum Gasteiger partial charge on any atom is 0.0535 e. The van der Waals surface area contributed by atoms with Crippen molar-refractivity contribution in [3.05, 3.63) is 33.8 Å². The summed E-state index contributed by atoms with van der Waals surface area (Å²) < 4.78 is 0. The van der Waals surface area contributed by atoms with Gasteiger partial charge in [0.15, 0.2) is 0 Å². The Bertz CT molecular complexity index is 392. The molecular weight excluding hydrogens is 208 g/mol. The molecule has 0 spiro atoms. The lowest BCUT2D eigenvalue weighted by Gasteiger charge is -2.02. The molecule has 4 N–H and O–H groups in total. The standard InChI is InChI=1S/C10H14N4S/c1-7-8(5-13-14-7)4-12-6-10-9(11)2-3-15-10/h2-3,5,12H,4,6,11H2,1H3,(H,13,14). The number of aromatic nitrogens is 2. The largest absolute Gasteiger partial charge is 0.398 e. The Hall–Kier alpha value is -1.33. The Morgan fingerprint density at radius 1 is 1.53 bits per heavy atom. The first kappa shape index (κ1) is 10.2. The van der Waals surface area contributed by atoms with E-state index in [-0.39, 0.29) is 0 Å². The minimum absolute atomic E-state index is 0.814. The van der Waals surface area contributed by atoms with E-state index in [1.165, 1.54) is 10.4 Å². The Balaban J connectivity index is 1.86. The molecule has 0 aliphatic heterocycles. The molecule has 0 amide bonds. The minimum atomic E-state index is 0.814. The molecule has 0 fully saturated rings. The zero-order valence-corrected chi connectivity index (χ0v) is 9.40. The average molecular weight is 222 g/mol. The fraction of sp³-hybridized carbons (Fsp3) is 0.300. The molecule has 4 nitrogen and oxygen atoms in total. The zero-order valence-electron chi connectivity index (χ0n) is 8.58. The van der Waals surface area contributed by atoms with E-state index in [2.05, 4.69) is 15.5 Å². The second-order valence-electron chi connectivity index (χ2n) is 3.42. The van der Waals surface area contributed by atoms with E-state index in [1.54, 1.807) is 11.3 Å². The van der Waals surface area contributed by atoms with Crippen LogP contribution in [0.2, 0.25) is 0 Å². The van der Waals surface area contributed by atoms with Crippen LogP contribution < -0.4 is 11.1 Å². The van der Waals surface area contributed by atoms with Crippen LogP contribution in [-0.4, -0.2) is 10.2 Å². The summed E-state index contributed by atoms with van der Waals surface area (Å²) in [7, 11) is 0. The number of hydrogen-bond acceptors (Lipinski definition) is 4. The molecule has 0 bridgehead atoms. The van der Waals surface area contributed by atoms with Crippen molar-refractivity contribution in [3.63, 3.8) is 0 Å². The lowest BCUT2D eigenvalue weighted by molar-refractivity contribution is 0.699. The first-order valence-electron chi connectivity index (χ1n) is 4.79. The predicted molar refractivity (Wildman–Crippen MR) is 62.6 cm³/mol. The molecule has 15 heavy (non-hydrogen) atoms. The van der Waals surface area contributed by atoms with Crippen LogP contribution in [0.5, 0.6) is 0 Å². The van der Waals surface area contributed by atoms with Crippen LogP contribution in [0.4, 0.5) is 5.69 Å². The Morgan fingerprint density at radius 3 is 3.00 bits per heavy atom.